The van der Waals surface area contributed by atoms with E-state index in [0.29, 0.717) is 6.54 Å². The summed E-state index contributed by atoms with van der Waals surface area (Å²) in [6.45, 7) is 2.37. The second-order valence-corrected chi connectivity index (χ2v) is 5.90. The van der Waals surface area contributed by atoms with E-state index in [4.69, 9.17) is 10.8 Å². The molecule has 0 unspecified atom stereocenters. The molecule has 0 amide bonds. The second-order valence-electron chi connectivity index (χ2n) is 4.16. The van der Waals surface area contributed by atoms with Crippen molar-refractivity contribution in [3.05, 3.63) is 23.8 Å². The number of nitrogens with one attached hydrogen (secondary N) is 1. The molecule has 0 heterocycles. The van der Waals surface area contributed by atoms with Gasteiger partial charge in [0.2, 0.25) is 10.0 Å². The zero-order valence-electron chi connectivity index (χ0n) is 10.7. The van der Waals surface area contributed by atoms with Gasteiger partial charge in [0.1, 0.15) is 4.90 Å². The molecular weight excluding hydrogens is 268 g/mol. The van der Waals surface area contributed by atoms with E-state index in [0.717, 1.165) is 25.3 Å². The number of hydrogen-bond donors (Lipinski definition) is 3. The molecule has 0 aliphatic heterocycles. The molecule has 1 aromatic rings. The number of anilines is 1. The van der Waals surface area contributed by atoms with E-state index in [1.165, 1.54) is 12.1 Å². The van der Waals surface area contributed by atoms with Gasteiger partial charge in [-0.05, 0) is 24.6 Å². The highest BCUT2D eigenvalue weighted by atomic mass is 32.2. The Morgan fingerprint density at radius 1 is 1.37 bits per heavy atom. The SMILES string of the molecule is CCCCCNS(=O)(=O)c1ccc(C(=O)O)cc1N. The number of unbranched alkanes of at least 4 members (excludes halogenated alkanes) is 2. The average molecular weight is 286 g/mol. The molecule has 0 aromatic heterocycles. The maximum absolute atomic E-state index is 12.0. The maximum Gasteiger partial charge on any atom is 0.335 e. The zero-order valence-corrected chi connectivity index (χ0v) is 11.5. The maximum atomic E-state index is 12.0. The highest BCUT2D eigenvalue weighted by Gasteiger charge is 2.18. The van der Waals surface area contributed by atoms with Crippen LogP contribution in [-0.2, 0) is 10.0 Å². The minimum absolute atomic E-state index is 0.0394. The third-order valence-electron chi connectivity index (χ3n) is 2.62. The lowest BCUT2D eigenvalue weighted by Gasteiger charge is -2.09. The summed E-state index contributed by atoms with van der Waals surface area (Å²) in [5, 5.41) is 8.78. The van der Waals surface area contributed by atoms with Crippen LogP contribution in [-0.4, -0.2) is 26.0 Å². The van der Waals surface area contributed by atoms with Crippen molar-refractivity contribution in [2.45, 2.75) is 31.1 Å². The third-order valence-corrected chi connectivity index (χ3v) is 4.15. The van der Waals surface area contributed by atoms with E-state index in [1.54, 1.807) is 0 Å². The first-order chi connectivity index (χ1) is 8.88. The number of carboxylic acid groups (broad SMARTS) is 1. The minimum Gasteiger partial charge on any atom is -0.478 e. The smallest absolute Gasteiger partial charge is 0.335 e. The predicted molar refractivity (Wildman–Crippen MR) is 72.5 cm³/mol. The van der Waals surface area contributed by atoms with Crippen LogP contribution >= 0.6 is 0 Å². The average Bonchev–Trinajstić information content (AvgIpc) is 2.34. The molecular formula is C12H18N2O4S. The van der Waals surface area contributed by atoms with Crippen molar-refractivity contribution < 1.29 is 18.3 Å². The summed E-state index contributed by atoms with van der Waals surface area (Å²) < 4.78 is 26.4. The van der Waals surface area contributed by atoms with Crippen LogP contribution in [0.5, 0.6) is 0 Å². The molecule has 1 rings (SSSR count). The first-order valence-corrected chi connectivity index (χ1v) is 7.49. The van der Waals surface area contributed by atoms with Gasteiger partial charge in [-0.15, -0.1) is 0 Å². The molecule has 0 spiro atoms. The molecule has 0 bridgehead atoms. The topological polar surface area (TPSA) is 109 Å². The fourth-order valence-corrected chi connectivity index (χ4v) is 2.77. The molecule has 0 atom stereocenters. The molecule has 0 saturated heterocycles. The van der Waals surface area contributed by atoms with Crippen molar-refractivity contribution in [2.75, 3.05) is 12.3 Å². The van der Waals surface area contributed by atoms with Crippen LogP contribution in [0.25, 0.3) is 0 Å². The van der Waals surface area contributed by atoms with Crippen molar-refractivity contribution in [3.8, 4) is 0 Å². The predicted octanol–water partition coefficient (Wildman–Crippen LogP) is 1.44. The monoisotopic (exact) mass is 286 g/mol. The fraction of sp³-hybridized carbons (Fsp3) is 0.417. The van der Waals surface area contributed by atoms with Gasteiger partial charge in [0.15, 0.2) is 0 Å². The number of nitrogens with two attached hydrogens (primary N) is 1. The van der Waals surface area contributed by atoms with E-state index in [-0.39, 0.29) is 16.1 Å². The van der Waals surface area contributed by atoms with E-state index < -0.39 is 16.0 Å². The lowest BCUT2D eigenvalue weighted by Crippen LogP contribution is -2.25. The Kier molecular flexibility index (Phi) is 5.31. The van der Waals surface area contributed by atoms with Crippen LogP contribution in [0, 0.1) is 0 Å². The summed E-state index contributed by atoms with van der Waals surface area (Å²) >= 11 is 0. The summed E-state index contributed by atoms with van der Waals surface area (Å²) in [5.41, 5.74) is 5.49. The first kappa shape index (κ1) is 15.5. The summed E-state index contributed by atoms with van der Waals surface area (Å²) in [6, 6.07) is 3.57. The Morgan fingerprint density at radius 2 is 2.05 bits per heavy atom. The molecule has 6 nitrogen and oxygen atoms in total. The molecule has 7 heteroatoms. The quantitative estimate of drug-likeness (QED) is 0.519. The van der Waals surface area contributed by atoms with E-state index in [2.05, 4.69) is 4.72 Å². The van der Waals surface area contributed by atoms with Gasteiger partial charge in [0.25, 0.3) is 0 Å². The number of benzene rings is 1. The number of aromatic carboxylic acids is 1. The first-order valence-electron chi connectivity index (χ1n) is 6.01. The van der Waals surface area contributed by atoms with Crippen LogP contribution in [0.1, 0.15) is 36.5 Å². The van der Waals surface area contributed by atoms with Crippen LogP contribution in [0.4, 0.5) is 5.69 Å². The summed E-state index contributed by atoms with van der Waals surface area (Å²) in [7, 11) is -3.68. The number of hydrogen-bond acceptors (Lipinski definition) is 4. The fourth-order valence-electron chi connectivity index (χ4n) is 1.59. The van der Waals surface area contributed by atoms with Crippen LogP contribution in [0.2, 0.25) is 0 Å². The van der Waals surface area contributed by atoms with Gasteiger partial charge in [0, 0.05) is 6.54 Å². The van der Waals surface area contributed by atoms with E-state index in [1.807, 2.05) is 6.92 Å². The summed E-state index contributed by atoms with van der Waals surface area (Å²) in [5.74, 6) is -1.15. The number of rotatable bonds is 7. The minimum atomic E-state index is -3.68. The van der Waals surface area contributed by atoms with Gasteiger partial charge in [-0.25, -0.2) is 17.9 Å². The van der Waals surface area contributed by atoms with Crippen molar-refractivity contribution in [3.63, 3.8) is 0 Å². The highest BCUT2D eigenvalue weighted by Crippen LogP contribution is 2.19. The van der Waals surface area contributed by atoms with Crippen molar-refractivity contribution >= 4 is 21.7 Å². The van der Waals surface area contributed by atoms with Crippen LogP contribution in [0.3, 0.4) is 0 Å². The molecule has 106 valence electrons. The Bertz CT molecular complexity index is 555. The second kappa shape index (κ2) is 6.53. The Balaban J connectivity index is 2.87. The van der Waals surface area contributed by atoms with Gasteiger partial charge in [0.05, 0.1) is 11.3 Å². The molecule has 0 radical (unpaired) electrons. The third kappa shape index (κ3) is 4.22. The van der Waals surface area contributed by atoms with Crippen LogP contribution in [0.15, 0.2) is 23.1 Å². The molecule has 0 fully saturated rings. The molecule has 0 aliphatic rings. The molecule has 0 saturated carbocycles. The van der Waals surface area contributed by atoms with E-state index in [9.17, 15) is 13.2 Å². The lowest BCUT2D eigenvalue weighted by molar-refractivity contribution is 0.0697. The van der Waals surface area contributed by atoms with Gasteiger partial charge in [-0.2, -0.15) is 0 Å². The van der Waals surface area contributed by atoms with Gasteiger partial charge in [-0.1, -0.05) is 19.8 Å². The Hall–Kier alpha value is -1.60. The van der Waals surface area contributed by atoms with Gasteiger partial charge >= 0.3 is 5.97 Å². The van der Waals surface area contributed by atoms with Gasteiger partial charge < -0.3 is 10.8 Å². The van der Waals surface area contributed by atoms with Gasteiger partial charge in [-0.3, -0.25) is 0 Å². The largest absolute Gasteiger partial charge is 0.478 e. The Morgan fingerprint density at radius 3 is 2.58 bits per heavy atom. The normalized spacial score (nSPS) is 11.4. The highest BCUT2D eigenvalue weighted by molar-refractivity contribution is 7.89. The molecule has 0 aliphatic carbocycles. The Labute approximate surface area is 112 Å². The standard InChI is InChI=1S/C12H18N2O4S/c1-2-3-4-7-14-19(17,18)11-6-5-9(12(15)16)8-10(11)13/h5-6,8,14H,2-4,7,13H2,1H3,(H,15,16). The molecule has 4 N–H and O–H groups in total. The number of carboxylic acids is 1. The summed E-state index contributed by atoms with van der Waals surface area (Å²) in [6.07, 6.45) is 2.69. The number of carbonyl (C=O) groups is 1. The zero-order chi connectivity index (χ0) is 14.5. The molecule has 1 aromatic carbocycles. The number of nitrogen functional groups attached to an aromatic ring is 1. The van der Waals surface area contributed by atoms with E-state index >= 15 is 0 Å². The van der Waals surface area contributed by atoms with Crippen molar-refractivity contribution in [1.82, 2.24) is 4.72 Å². The number of sulfonamides is 1. The van der Waals surface area contributed by atoms with Crippen molar-refractivity contribution in [1.29, 1.82) is 0 Å². The van der Waals surface area contributed by atoms with Crippen molar-refractivity contribution in [2.24, 2.45) is 0 Å². The lowest BCUT2D eigenvalue weighted by atomic mass is 10.2. The van der Waals surface area contributed by atoms with Crippen LogP contribution < -0.4 is 10.5 Å². The molecule has 19 heavy (non-hydrogen) atoms. The summed E-state index contributed by atoms with van der Waals surface area (Å²) in [4.78, 5) is 10.6.